The van der Waals surface area contributed by atoms with E-state index in [0.29, 0.717) is 0 Å². The normalized spacial score (nSPS) is 18.0. The minimum absolute atomic E-state index is 0.893. The van der Waals surface area contributed by atoms with E-state index in [1.54, 1.807) is 0 Å². The zero-order chi connectivity index (χ0) is 14.4. The van der Waals surface area contributed by atoms with Crippen molar-refractivity contribution in [1.82, 2.24) is 15.1 Å². The highest BCUT2D eigenvalue weighted by Crippen LogP contribution is 2.19. The van der Waals surface area contributed by atoms with Gasteiger partial charge in [0.25, 0.3) is 0 Å². The van der Waals surface area contributed by atoms with E-state index >= 15 is 0 Å². The van der Waals surface area contributed by atoms with Gasteiger partial charge in [-0.25, -0.2) is 0 Å². The number of nitrogens with zero attached hydrogens (tertiary/aromatic N) is 2. The largest absolute Gasteiger partial charge is 0.311 e. The fourth-order valence-corrected chi connectivity index (χ4v) is 4.13. The molecule has 1 aliphatic rings. The quantitative estimate of drug-likeness (QED) is 0.755. The van der Waals surface area contributed by atoms with E-state index in [0.717, 1.165) is 25.6 Å². The SMILES string of the molecule is CN1CCC(CN(C)CCNCc2cc(Br)cs2)CC1. The van der Waals surface area contributed by atoms with Crippen LogP contribution in [0.25, 0.3) is 0 Å². The van der Waals surface area contributed by atoms with E-state index in [4.69, 9.17) is 0 Å². The van der Waals surface area contributed by atoms with Gasteiger partial charge in [-0.2, -0.15) is 0 Å². The van der Waals surface area contributed by atoms with Crippen molar-refractivity contribution in [2.24, 2.45) is 5.92 Å². The van der Waals surface area contributed by atoms with Gasteiger partial charge < -0.3 is 15.1 Å². The fourth-order valence-electron chi connectivity index (χ4n) is 2.70. The van der Waals surface area contributed by atoms with E-state index in [9.17, 15) is 0 Å². The molecule has 3 nitrogen and oxygen atoms in total. The summed E-state index contributed by atoms with van der Waals surface area (Å²) < 4.78 is 1.19. The molecule has 1 aliphatic heterocycles. The van der Waals surface area contributed by atoms with Crippen LogP contribution in [0.5, 0.6) is 0 Å². The third-order valence-corrected chi connectivity index (χ3v) is 5.70. The molecule has 0 atom stereocenters. The predicted octanol–water partition coefficient (Wildman–Crippen LogP) is 2.87. The van der Waals surface area contributed by atoms with Gasteiger partial charge >= 0.3 is 0 Å². The molecule has 2 heterocycles. The van der Waals surface area contributed by atoms with Crippen LogP contribution in [0.1, 0.15) is 17.7 Å². The molecule has 1 aromatic rings. The van der Waals surface area contributed by atoms with E-state index in [1.165, 1.54) is 41.8 Å². The van der Waals surface area contributed by atoms with E-state index in [1.807, 2.05) is 11.3 Å². The molecule has 0 aromatic carbocycles. The van der Waals surface area contributed by atoms with E-state index < -0.39 is 0 Å². The lowest BCUT2D eigenvalue weighted by Gasteiger charge is -2.31. The van der Waals surface area contributed by atoms with Crippen molar-refractivity contribution in [1.29, 1.82) is 0 Å². The first kappa shape index (κ1) is 16.4. The van der Waals surface area contributed by atoms with E-state index in [-0.39, 0.29) is 0 Å². The second-order valence-corrected chi connectivity index (χ2v) is 7.83. The Morgan fingerprint density at radius 3 is 2.85 bits per heavy atom. The summed E-state index contributed by atoms with van der Waals surface area (Å²) in [5.41, 5.74) is 0. The van der Waals surface area contributed by atoms with E-state index in [2.05, 4.69) is 56.6 Å². The van der Waals surface area contributed by atoms with Gasteiger partial charge in [-0.05, 0) is 67.9 Å². The molecule has 0 bridgehead atoms. The van der Waals surface area contributed by atoms with Gasteiger partial charge in [0.1, 0.15) is 0 Å². The summed E-state index contributed by atoms with van der Waals surface area (Å²) in [4.78, 5) is 6.32. The Morgan fingerprint density at radius 2 is 2.20 bits per heavy atom. The predicted molar refractivity (Wildman–Crippen MR) is 91.4 cm³/mol. The van der Waals surface area contributed by atoms with Crippen LogP contribution in [-0.4, -0.2) is 56.6 Å². The van der Waals surface area contributed by atoms with Crippen LogP contribution >= 0.6 is 27.3 Å². The molecule has 114 valence electrons. The van der Waals surface area contributed by atoms with Crippen molar-refractivity contribution in [3.05, 3.63) is 20.8 Å². The summed E-state index contributed by atoms with van der Waals surface area (Å²) in [5, 5.41) is 5.67. The van der Waals surface area contributed by atoms with Gasteiger partial charge in [0, 0.05) is 40.9 Å². The molecule has 0 aliphatic carbocycles. The number of nitrogens with one attached hydrogen (secondary N) is 1. The first-order chi connectivity index (χ1) is 9.63. The first-order valence-corrected chi connectivity index (χ1v) is 9.11. The number of likely N-dealkylation sites (N-methyl/N-ethyl adjacent to an activating group) is 1. The van der Waals surface area contributed by atoms with Gasteiger partial charge in [0.2, 0.25) is 0 Å². The minimum atomic E-state index is 0.893. The molecule has 0 unspecified atom stereocenters. The molecule has 20 heavy (non-hydrogen) atoms. The molecule has 2 rings (SSSR count). The van der Waals surface area contributed by atoms with Crippen molar-refractivity contribution >= 4 is 27.3 Å². The Hall–Kier alpha value is 0.0600. The maximum Gasteiger partial charge on any atom is 0.0300 e. The van der Waals surface area contributed by atoms with Crippen LogP contribution in [0.3, 0.4) is 0 Å². The first-order valence-electron chi connectivity index (χ1n) is 7.44. The lowest BCUT2D eigenvalue weighted by Crippen LogP contribution is -2.37. The molecule has 0 amide bonds. The third kappa shape index (κ3) is 5.82. The molecular weight excluding hydrogens is 334 g/mol. The summed E-state index contributed by atoms with van der Waals surface area (Å²) in [7, 11) is 4.48. The minimum Gasteiger partial charge on any atom is -0.311 e. The molecule has 0 saturated carbocycles. The average Bonchev–Trinajstić information content (AvgIpc) is 2.83. The zero-order valence-electron chi connectivity index (χ0n) is 12.6. The number of halogens is 1. The highest BCUT2D eigenvalue weighted by Gasteiger charge is 2.17. The van der Waals surface area contributed by atoms with Gasteiger partial charge in [-0.3, -0.25) is 0 Å². The fraction of sp³-hybridized carbons (Fsp3) is 0.733. The van der Waals surface area contributed by atoms with Crippen molar-refractivity contribution < 1.29 is 0 Å². The standard InChI is InChI=1S/C15H26BrN3S/c1-18-6-3-13(4-7-18)11-19(2)8-5-17-10-15-9-14(16)12-20-15/h9,12-13,17H,3-8,10-11H2,1-2H3. The lowest BCUT2D eigenvalue weighted by molar-refractivity contribution is 0.176. The highest BCUT2D eigenvalue weighted by atomic mass is 79.9. The Morgan fingerprint density at radius 1 is 1.45 bits per heavy atom. The molecule has 1 saturated heterocycles. The highest BCUT2D eigenvalue weighted by molar-refractivity contribution is 9.10. The monoisotopic (exact) mass is 359 g/mol. The maximum atomic E-state index is 3.53. The smallest absolute Gasteiger partial charge is 0.0300 e. The van der Waals surface area contributed by atoms with Gasteiger partial charge in [-0.1, -0.05) is 0 Å². The number of hydrogen-bond donors (Lipinski definition) is 1. The molecule has 5 heteroatoms. The van der Waals surface area contributed by atoms with Gasteiger partial charge in [-0.15, -0.1) is 11.3 Å². The second kappa shape index (κ2) is 8.49. The third-order valence-electron chi connectivity index (χ3n) is 4.00. The van der Waals surface area contributed by atoms with Crippen LogP contribution in [0.4, 0.5) is 0 Å². The zero-order valence-corrected chi connectivity index (χ0v) is 15.0. The average molecular weight is 360 g/mol. The van der Waals surface area contributed by atoms with Crippen LogP contribution in [0.2, 0.25) is 0 Å². The summed E-state index contributed by atoms with van der Waals surface area (Å²) in [6, 6.07) is 2.19. The second-order valence-electron chi connectivity index (χ2n) is 5.92. The summed E-state index contributed by atoms with van der Waals surface area (Å²) >= 11 is 5.30. The number of piperidine rings is 1. The Bertz CT molecular complexity index is 388. The van der Waals surface area contributed by atoms with Crippen molar-refractivity contribution in [3.63, 3.8) is 0 Å². The maximum absolute atomic E-state index is 3.53. The van der Waals surface area contributed by atoms with Crippen molar-refractivity contribution in [2.45, 2.75) is 19.4 Å². The van der Waals surface area contributed by atoms with Gasteiger partial charge in [0.05, 0.1) is 0 Å². The number of likely N-dealkylation sites (tertiary alicyclic amines) is 1. The van der Waals surface area contributed by atoms with Gasteiger partial charge in [0.15, 0.2) is 0 Å². The van der Waals surface area contributed by atoms with Crippen LogP contribution < -0.4 is 5.32 Å². The van der Waals surface area contributed by atoms with Crippen LogP contribution in [0.15, 0.2) is 15.9 Å². The lowest BCUT2D eigenvalue weighted by atomic mass is 9.97. The topological polar surface area (TPSA) is 18.5 Å². The molecule has 1 aromatic heterocycles. The Labute approximate surface area is 135 Å². The molecule has 0 spiro atoms. The number of hydrogen-bond acceptors (Lipinski definition) is 4. The van der Waals surface area contributed by atoms with Crippen LogP contribution in [-0.2, 0) is 6.54 Å². The van der Waals surface area contributed by atoms with Crippen LogP contribution in [0, 0.1) is 5.92 Å². The van der Waals surface area contributed by atoms with Crippen molar-refractivity contribution in [2.75, 3.05) is 46.8 Å². The number of thiophene rings is 1. The molecular formula is C15H26BrN3S. The number of rotatable bonds is 7. The molecule has 0 radical (unpaired) electrons. The van der Waals surface area contributed by atoms with Crippen molar-refractivity contribution in [3.8, 4) is 0 Å². The molecule has 1 fully saturated rings. The summed E-state index contributed by atoms with van der Waals surface area (Å²) in [6.07, 6.45) is 2.72. The Balaban J connectivity index is 1.55. The summed E-state index contributed by atoms with van der Waals surface area (Å²) in [6.45, 7) is 6.98. The Kier molecular flexibility index (Phi) is 6.97. The summed E-state index contributed by atoms with van der Waals surface area (Å²) in [5.74, 6) is 0.893. The molecule has 1 N–H and O–H groups in total.